The Bertz CT molecular complexity index is 425. The van der Waals surface area contributed by atoms with E-state index >= 15 is 0 Å². The van der Waals surface area contributed by atoms with E-state index in [9.17, 15) is 0 Å². The molecule has 2 heterocycles. The van der Waals surface area contributed by atoms with Gasteiger partial charge in [-0.1, -0.05) is 0 Å². The zero-order valence-corrected chi connectivity index (χ0v) is 12.7. The molecule has 0 atom stereocenters. The average molecular weight is 268 g/mol. The third-order valence-electron chi connectivity index (χ3n) is 3.43. The molecule has 0 radical (unpaired) electrons. The van der Waals surface area contributed by atoms with Gasteiger partial charge in [-0.15, -0.1) is 0 Å². The lowest BCUT2D eigenvalue weighted by Crippen LogP contribution is -2.44. The second-order valence-electron chi connectivity index (χ2n) is 5.58. The van der Waals surface area contributed by atoms with Crippen LogP contribution in [0.15, 0.2) is 0 Å². The molecular formula is C13H24N4S. The zero-order chi connectivity index (χ0) is 13.3. The maximum absolute atomic E-state index is 5.73. The Balaban J connectivity index is 2.32. The molecule has 1 aliphatic heterocycles. The summed E-state index contributed by atoms with van der Waals surface area (Å²) in [7, 11) is 2.04. The molecule has 18 heavy (non-hydrogen) atoms. The molecule has 0 bridgehead atoms. The maximum atomic E-state index is 5.73. The van der Waals surface area contributed by atoms with Crippen LogP contribution in [0.25, 0.3) is 0 Å². The fraction of sp³-hybridized carbons (Fsp3) is 0.769. The van der Waals surface area contributed by atoms with Crippen LogP contribution in [0.2, 0.25) is 0 Å². The molecular weight excluding hydrogens is 244 g/mol. The predicted octanol–water partition coefficient (Wildman–Crippen LogP) is 1.56. The van der Waals surface area contributed by atoms with Crippen LogP contribution in [-0.2, 0) is 13.5 Å². The van der Waals surface area contributed by atoms with Crippen LogP contribution in [0, 0.1) is 6.92 Å². The Hall–Kier alpha value is -0.680. The monoisotopic (exact) mass is 268 g/mol. The molecule has 5 heteroatoms. The lowest BCUT2D eigenvalue weighted by Gasteiger charge is -2.39. The third-order valence-corrected chi connectivity index (χ3v) is 4.73. The highest BCUT2D eigenvalue weighted by atomic mass is 32.2. The molecule has 0 amide bonds. The van der Waals surface area contributed by atoms with E-state index in [4.69, 9.17) is 5.73 Å². The van der Waals surface area contributed by atoms with Gasteiger partial charge in [-0.05, 0) is 33.7 Å². The van der Waals surface area contributed by atoms with E-state index < -0.39 is 0 Å². The van der Waals surface area contributed by atoms with Gasteiger partial charge in [-0.3, -0.25) is 4.68 Å². The number of nitrogens with two attached hydrogens (primary N) is 1. The Morgan fingerprint density at radius 2 is 2.17 bits per heavy atom. The van der Waals surface area contributed by atoms with Crippen LogP contribution in [0.4, 0.5) is 5.82 Å². The van der Waals surface area contributed by atoms with Crippen molar-refractivity contribution in [2.24, 2.45) is 12.8 Å². The molecule has 0 unspecified atom stereocenters. The number of nitrogens with zero attached hydrogens (tertiary/aromatic N) is 3. The first-order chi connectivity index (χ1) is 8.44. The zero-order valence-electron chi connectivity index (χ0n) is 11.9. The van der Waals surface area contributed by atoms with E-state index in [0.29, 0.717) is 11.3 Å². The first-order valence-corrected chi connectivity index (χ1v) is 7.54. The van der Waals surface area contributed by atoms with Gasteiger partial charge in [0.1, 0.15) is 5.82 Å². The van der Waals surface area contributed by atoms with Crippen molar-refractivity contribution in [1.82, 2.24) is 9.78 Å². The smallest absolute Gasteiger partial charge is 0.130 e. The molecule has 102 valence electrons. The van der Waals surface area contributed by atoms with E-state index in [-0.39, 0.29) is 0 Å². The van der Waals surface area contributed by atoms with Crippen LogP contribution < -0.4 is 10.6 Å². The van der Waals surface area contributed by atoms with Crippen LogP contribution >= 0.6 is 11.8 Å². The summed E-state index contributed by atoms with van der Waals surface area (Å²) in [4.78, 5) is 2.47. The van der Waals surface area contributed by atoms with E-state index in [2.05, 4.69) is 42.5 Å². The first-order valence-electron chi connectivity index (χ1n) is 6.56. The molecule has 2 N–H and O–H groups in total. The summed E-state index contributed by atoms with van der Waals surface area (Å²) in [5.74, 6) is 2.45. The molecule has 0 saturated carbocycles. The number of aryl methyl sites for hydroxylation is 2. The third kappa shape index (κ3) is 2.67. The van der Waals surface area contributed by atoms with Crippen molar-refractivity contribution in [2.45, 2.75) is 31.9 Å². The first kappa shape index (κ1) is 13.7. The highest BCUT2D eigenvalue weighted by Gasteiger charge is 2.30. The minimum Gasteiger partial charge on any atom is -0.354 e. The van der Waals surface area contributed by atoms with Crippen molar-refractivity contribution in [2.75, 3.05) is 30.3 Å². The number of aromatic nitrogens is 2. The predicted molar refractivity (Wildman–Crippen MR) is 79.5 cm³/mol. The minimum atomic E-state index is 0.316. The summed E-state index contributed by atoms with van der Waals surface area (Å²) in [5, 5.41) is 4.57. The Kier molecular flexibility index (Phi) is 3.92. The van der Waals surface area contributed by atoms with Gasteiger partial charge < -0.3 is 10.6 Å². The van der Waals surface area contributed by atoms with Crippen molar-refractivity contribution in [3.63, 3.8) is 0 Å². The van der Waals surface area contributed by atoms with Crippen molar-refractivity contribution < 1.29 is 0 Å². The topological polar surface area (TPSA) is 47.1 Å². The maximum Gasteiger partial charge on any atom is 0.130 e. The van der Waals surface area contributed by atoms with E-state index in [1.165, 1.54) is 17.1 Å². The van der Waals surface area contributed by atoms with Crippen LogP contribution in [-0.4, -0.2) is 39.9 Å². The van der Waals surface area contributed by atoms with Gasteiger partial charge in [0.15, 0.2) is 0 Å². The van der Waals surface area contributed by atoms with Crippen LogP contribution in [0.5, 0.6) is 0 Å². The van der Waals surface area contributed by atoms with Crippen LogP contribution in [0.1, 0.15) is 25.1 Å². The van der Waals surface area contributed by atoms with Gasteiger partial charge in [0, 0.05) is 36.2 Å². The van der Waals surface area contributed by atoms with Gasteiger partial charge >= 0.3 is 0 Å². The summed E-state index contributed by atoms with van der Waals surface area (Å²) >= 11 is 2.05. The summed E-state index contributed by atoms with van der Waals surface area (Å²) in [6.45, 7) is 9.58. The molecule has 0 aromatic carbocycles. The van der Waals surface area contributed by atoms with Crippen molar-refractivity contribution in [1.29, 1.82) is 0 Å². The largest absolute Gasteiger partial charge is 0.354 e. The number of rotatable bonds is 3. The highest BCUT2D eigenvalue weighted by molar-refractivity contribution is 8.00. The van der Waals surface area contributed by atoms with Gasteiger partial charge in [0.25, 0.3) is 0 Å². The quantitative estimate of drug-likeness (QED) is 0.904. The highest BCUT2D eigenvalue weighted by Crippen LogP contribution is 2.34. The fourth-order valence-corrected chi connectivity index (χ4v) is 3.83. The summed E-state index contributed by atoms with van der Waals surface area (Å²) in [5.41, 5.74) is 8.17. The molecule has 4 nitrogen and oxygen atoms in total. The Labute approximate surface area is 114 Å². The number of thioether (sulfide) groups is 1. The van der Waals surface area contributed by atoms with Crippen molar-refractivity contribution >= 4 is 17.6 Å². The molecule has 1 aromatic rings. The second kappa shape index (κ2) is 5.13. The minimum absolute atomic E-state index is 0.316. The molecule has 1 fully saturated rings. The van der Waals surface area contributed by atoms with Crippen molar-refractivity contribution in [3.8, 4) is 0 Å². The van der Waals surface area contributed by atoms with Gasteiger partial charge in [-0.25, -0.2) is 0 Å². The second-order valence-corrected chi connectivity index (χ2v) is 7.38. The van der Waals surface area contributed by atoms with Gasteiger partial charge in [0.2, 0.25) is 0 Å². The average Bonchev–Trinajstić information content (AvgIpc) is 2.53. The standard InChI is InChI=1S/C13H24N4S/c1-10-11(5-6-14)12(16(4)15-10)17-7-8-18-13(2,3)9-17/h5-9,14H2,1-4H3. The summed E-state index contributed by atoms with van der Waals surface area (Å²) in [6.07, 6.45) is 0.916. The van der Waals surface area contributed by atoms with Crippen molar-refractivity contribution in [3.05, 3.63) is 11.3 Å². The summed E-state index contributed by atoms with van der Waals surface area (Å²) in [6, 6.07) is 0. The lowest BCUT2D eigenvalue weighted by molar-refractivity contribution is 0.619. The number of hydrogen-bond acceptors (Lipinski definition) is 4. The van der Waals surface area contributed by atoms with Crippen LogP contribution in [0.3, 0.4) is 0 Å². The summed E-state index contributed by atoms with van der Waals surface area (Å²) < 4.78 is 2.34. The normalized spacial score (nSPS) is 19.3. The molecule has 1 aliphatic rings. The molecule has 2 rings (SSSR count). The Morgan fingerprint density at radius 1 is 1.44 bits per heavy atom. The number of anilines is 1. The number of hydrogen-bond donors (Lipinski definition) is 1. The lowest BCUT2D eigenvalue weighted by atomic mass is 10.1. The van der Waals surface area contributed by atoms with E-state index in [0.717, 1.165) is 25.2 Å². The fourth-order valence-electron chi connectivity index (χ4n) is 2.72. The molecule has 0 aliphatic carbocycles. The van der Waals surface area contributed by atoms with Gasteiger partial charge in [0.05, 0.1) is 5.69 Å². The SMILES string of the molecule is Cc1nn(C)c(N2CCSC(C)(C)C2)c1CCN. The van der Waals surface area contributed by atoms with E-state index in [1.807, 2.05) is 11.7 Å². The molecule has 0 spiro atoms. The molecule has 1 aromatic heterocycles. The Morgan fingerprint density at radius 3 is 2.78 bits per heavy atom. The molecule has 1 saturated heterocycles. The van der Waals surface area contributed by atoms with Gasteiger partial charge in [-0.2, -0.15) is 16.9 Å². The van der Waals surface area contributed by atoms with E-state index in [1.54, 1.807) is 0 Å².